The molecule has 3 aromatic rings. The molecule has 1 atom stereocenters. The molecule has 1 aromatic heterocycles. The molecule has 1 amide bonds. The molecule has 0 saturated heterocycles. The fraction of sp³-hybridized carbons (Fsp3) is 0.280. The first-order chi connectivity index (χ1) is 15.5. The highest BCUT2D eigenvalue weighted by Gasteiger charge is 2.36. The zero-order chi connectivity index (χ0) is 22.7. The number of fused-ring (bicyclic) bond motifs is 1. The average Bonchev–Trinajstić information content (AvgIpc) is 3.19. The van der Waals surface area contributed by atoms with Crippen LogP contribution in [-0.4, -0.2) is 30.7 Å². The number of carboxylic acids is 1. The summed E-state index contributed by atoms with van der Waals surface area (Å²) in [6, 6.07) is 14.9. The first-order valence-corrected chi connectivity index (χ1v) is 11.4. The van der Waals surface area contributed by atoms with Crippen LogP contribution < -0.4 is 14.8 Å². The van der Waals surface area contributed by atoms with E-state index >= 15 is 0 Å². The number of benzene rings is 2. The summed E-state index contributed by atoms with van der Waals surface area (Å²) in [7, 11) is 1.59. The van der Waals surface area contributed by atoms with Crippen molar-refractivity contribution in [3.63, 3.8) is 0 Å². The number of rotatable bonds is 8. The summed E-state index contributed by atoms with van der Waals surface area (Å²) in [5.74, 6) is -0.283. The molecule has 0 aliphatic carbocycles. The minimum atomic E-state index is -1.01. The number of carbonyl (C=O) groups excluding carboxylic acids is 1. The minimum Gasteiger partial charge on any atom is -0.493 e. The van der Waals surface area contributed by atoms with Crippen molar-refractivity contribution in [1.29, 1.82) is 0 Å². The zero-order valence-electron chi connectivity index (χ0n) is 18.0. The lowest BCUT2D eigenvalue weighted by Gasteiger charge is -2.26. The van der Waals surface area contributed by atoms with Crippen LogP contribution in [0.15, 0.2) is 48.5 Å². The van der Waals surface area contributed by atoms with Crippen molar-refractivity contribution >= 4 is 28.9 Å². The summed E-state index contributed by atoms with van der Waals surface area (Å²) in [6.45, 7) is 2.63. The van der Waals surface area contributed by atoms with Gasteiger partial charge in [0.25, 0.3) is 0 Å². The van der Waals surface area contributed by atoms with Crippen molar-refractivity contribution in [3.8, 4) is 22.6 Å². The molecule has 2 N–H and O–H groups in total. The van der Waals surface area contributed by atoms with Gasteiger partial charge in [-0.3, -0.25) is 4.79 Å². The Bertz CT molecular complexity index is 1140. The highest BCUT2D eigenvalue weighted by atomic mass is 32.1. The molecule has 6 nitrogen and oxygen atoms in total. The van der Waals surface area contributed by atoms with Gasteiger partial charge >= 0.3 is 5.97 Å². The predicted molar refractivity (Wildman–Crippen MR) is 125 cm³/mol. The molecule has 2 heterocycles. The quantitative estimate of drug-likeness (QED) is 0.425. The summed E-state index contributed by atoms with van der Waals surface area (Å²) in [4.78, 5) is 25.9. The van der Waals surface area contributed by atoms with Crippen molar-refractivity contribution in [2.75, 3.05) is 19.0 Å². The van der Waals surface area contributed by atoms with Gasteiger partial charge in [-0.05, 0) is 18.1 Å². The third kappa shape index (κ3) is 4.08. The lowest BCUT2D eigenvalue weighted by molar-refractivity contribution is -0.116. The van der Waals surface area contributed by atoms with Crippen molar-refractivity contribution in [3.05, 3.63) is 63.8 Å². The predicted octanol–water partition coefficient (Wildman–Crippen LogP) is 5.77. The van der Waals surface area contributed by atoms with E-state index in [0.717, 1.165) is 28.8 Å². The summed E-state index contributed by atoms with van der Waals surface area (Å²) in [5.41, 5.74) is 2.71. The highest BCUT2D eigenvalue weighted by Crippen LogP contribution is 2.51. The first kappa shape index (κ1) is 21.9. The topological polar surface area (TPSA) is 84.9 Å². The summed E-state index contributed by atoms with van der Waals surface area (Å²) >= 11 is 1.21. The molecular formula is C25H25NO5S. The number of ether oxygens (including phenoxy) is 2. The van der Waals surface area contributed by atoms with Crippen LogP contribution in [0, 0.1) is 0 Å². The van der Waals surface area contributed by atoms with E-state index in [1.165, 1.54) is 11.3 Å². The maximum absolute atomic E-state index is 12.8. The third-order valence-electron chi connectivity index (χ3n) is 5.51. The van der Waals surface area contributed by atoms with E-state index in [9.17, 15) is 14.7 Å². The Labute approximate surface area is 190 Å². The van der Waals surface area contributed by atoms with E-state index in [1.807, 2.05) is 48.5 Å². The Morgan fingerprint density at radius 1 is 1.19 bits per heavy atom. The van der Waals surface area contributed by atoms with Crippen LogP contribution in [0.1, 0.15) is 52.2 Å². The van der Waals surface area contributed by atoms with Gasteiger partial charge in [0.2, 0.25) is 5.91 Å². The molecule has 0 saturated carbocycles. The molecular weight excluding hydrogens is 426 g/mol. The van der Waals surface area contributed by atoms with Crippen LogP contribution in [0.4, 0.5) is 5.69 Å². The Morgan fingerprint density at radius 2 is 1.97 bits per heavy atom. The number of methoxy groups -OCH3 is 1. The second-order valence-electron chi connectivity index (χ2n) is 7.60. The Hall–Kier alpha value is -3.32. The molecule has 1 aliphatic rings. The molecule has 166 valence electrons. The monoisotopic (exact) mass is 451 g/mol. The van der Waals surface area contributed by atoms with E-state index in [0.29, 0.717) is 29.4 Å². The zero-order valence-corrected chi connectivity index (χ0v) is 18.8. The average molecular weight is 452 g/mol. The van der Waals surface area contributed by atoms with Gasteiger partial charge in [0.05, 0.1) is 19.4 Å². The minimum absolute atomic E-state index is 0.156. The molecule has 4 rings (SSSR count). The van der Waals surface area contributed by atoms with Gasteiger partial charge in [-0.15, -0.1) is 11.3 Å². The number of carbonyl (C=O) groups is 2. The summed E-state index contributed by atoms with van der Waals surface area (Å²) in [5, 5.41) is 12.9. The fourth-order valence-corrected chi connectivity index (χ4v) is 5.25. The maximum atomic E-state index is 12.8. The van der Waals surface area contributed by atoms with Gasteiger partial charge in [-0.2, -0.15) is 0 Å². The van der Waals surface area contributed by atoms with E-state index < -0.39 is 5.97 Å². The van der Waals surface area contributed by atoms with Gasteiger partial charge in [0.15, 0.2) is 11.5 Å². The SMILES string of the molecule is CCCCOc1c(OC)cccc1[C@H]1CC(=O)Nc2c1sc(C(=O)O)c2-c1ccccc1. The Morgan fingerprint density at radius 3 is 2.66 bits per heavy atom. The lowest BCUT2D eigenvalue weighted by Crippen LogP contribution is -2.23. The molecule has 0 bridgehead atoms. The number of aromatic carboxylic acids is 1. The van der Waals surface area contributed by atoms with Crippen LogP contribution in [0.5, 0.6) is 11.5 Å². The van der Waals surface area contributed by atoms with Crippen molar-refractivity contribution in [1.82, 2.24) is 0 Å². The molecule has 0 fully saturated rings. The van der Waals surface area contributed by atoms with Gasteiger partial charge < -0.3 is 19.9 Å². The number of nitrogens with one attached hydrogen (secondary N) is 1. The van der Waals surface area contributed by atoms with E-state index in [2.05, 4.69) is 12.2 Å². The van der Waals surface area contributed by atoms with E-state index in [1.54, 1.807) is 7.11 Å². The number of amides is 1. The number of hydrogen-bond donors (Lipinski definition) is 2. The van der Waals surface area contributed by atoms with Crippen LogP contribution in [0.3, 0.4) is 0 Å². The van der Waals surface area contributed by atoms with E-state index in [-0.39, 0.29) is 23.1 Å². The Kier molecular flexibility index (Phi) is 6.46. The van der Waals surface area contributed by atoms with Crippen LogP contribution in [0.25, 0.3) is 11.1 Å². The number of para-hydroxylation sites is 1. The van der Waals surface area contributed by atoms with Crippen LogP contribution in [0.2, 0.25) is 0 Å². The maximum Gasteiger partial charge on any atom is 0.346 e. The van der Waals surface area contributed by atoms with Crippen LogP contribution in [-0.2, 0) is 4.79 Å². The second kappa shape index (κ2) is 9.44. The first-order valence-electron chi connectivity index (χ1n) is 10.6. The molecule has 32 heavy (non-hydrogen) atoms. The summed E-state index contributed by atoms with van der Waals surface area (Å²) in [6.07, 6.45) is 2.10. The fourth-order valence-electron chi connectivity index (χ4n) is 4.01. The van der Waals surface area contributed by atoms with Gasteiger partial charge in [0.1, 0.15) is 4.88 Å². The number of thiophene rings is 1. The standard InChI is InChI=1S/C25H25NO5S/c1-3-4-13-31-22-16(11-8-12-18(22)30-2)17-14-19(27)26-21-20(15-9-6-5-7-10-15)24(25(28)29)32-23(17)21/h5-12,17H,3-4,13-14H2,1-2H3,(H,26,27)(H,28,29)/t17-/m1/s1. The van der Waals surface area contributed by atoms with Crippen LogP contribution >= 0.6 is 11.3 Å². The Balaban J connectivity index is 1.89. The van der Waals surface area contributed by atoms with Crippen molar-refractivity contribution < 1.29 is 24.2 Å². The number of carboxylic acid groups (broad SMARTS) is 1. The molecule has 0 unspecified atom stereocenters. The highest BCUT2D eigenvalue weighted by molar-refractivity contribution is 7.15. The largest absolute Gasteiger partial charge is 0.493 e. The lowest BCUT2D eigenvalue weighted by atomic mass is 9.88. The van der Waals surface area contributed by atoms with E-state index in [4.69, 9.17) is 9.47 Å². The molecule has 2 aromatic carbocycles. The van der Waals surface area contributed by atoms with Crippen molar-refractivity contribution in [2.45, 2.75) is 32.1 Å². The normalized spacial score (nSPS) is 15.1. The van der Waals surface area contributed by atoms with Gasteiger partial charge in [0, 0.05) is 28.3 Å². The molecule has 1 aliphatic heterocycles. The molecule has 7 heteroatoms. The van der Waals surface area contributed by atoms with Gasteiger partial charge in [-0.1, -0.05) is 55.8 Å². The number of unbranched alkanes of at least 4 members (excludes halogenated alkanes) is 1. The number of anilines is 1. The molecule has 0 radical (unpaired) electrons. The third-order valence-corrected chi connectivity index (χ3v) is 6.80. The molecule has 0 spiro atoms. The number of hydrogen-bond acceptors (Lipinski definition) is 5. The smallest absolute Gasteiger partial charge is 0.346 e. The van der Waals surface area contributed by atoms with Crippen molar-refractivity contribution in [2.24, 2.45) is 0 Å². The summed E-state index contributed by atoms with van der Waals surface area (Å²) < 4.78 is 11.6. The van der Waals surface area contributed by atoms with Gasteiger partial charge in [-0.25, -0.2) is 4.79 Å². The second-order valence-corrected chi connectivity index (χ2v) is 8.65.